The van der Waals surface area contributed by atoms with Crippen LogP contribution in [0.5, 0.6) is 0 Å². The summed E-state index contributed by atoms with van der Waals surface area (Å²) in [5.74, 6) is -1.61. The van der Waals surface area contributed by atoms with Crippen molar-refractivity contribution in [2.24, 2.45) is 10.3 Å². The number of hydrogen-bond acceptors (Lipinski definition) is 5. The lowest BCUT2D eigenvalue weighted by molar-refractivity contribution is -0.129. The molecule has 0 aliphatic rings. The first-order chi connectivity index (χ1) is 12.5. The molecule has 0 spiro atoms. The van der Waals surface area contributed by atoms with Crippen molar-refractivity contribution in [1.29, 1.82) is 0 Å². The summed E-state index contributed by atoms with van der Waals surface area (Å²) in [5, 5.41) is 16.9. The van der Waals surface area contributed by atoms with E-state index in [0.29, 0.717) is 22.4 Å². The quantitative estimate of drug-likeness (QED) is 0.607. The Morgan fingerprint density at radius 2 is 1.81 bits per heavy atom. The molecular formula is C19H19FN2O4. The second kappa shape index (κ2) is 8.75. The molecule has 0 heterocycles. The molecule has 1 N–H and O–H groups in total. The number of benzene rings is 2. The van der Waals surface area contributed by atoms with Gasteiger partial charge in [0.1, 0.15) is 19.5 Å². The molecule has 0 unspecified atom stereocenters. The number of carboxylic acids is 1. The van der Waals surface area contributed by atoms with Gasteiger partial charge in [0.05, 0.1) is 5.71 Å². The molecule has 2 aromatic rings. The minimum atomic E-state index is -1.22. The van der Waals surface area contributed by atoms with Crippen molar-refractivity contribution in [3.8, 4) is 0 Å². The van der Waals surface area contributed by atoms with Crippen molar-refractivity contribution < 1.29 is 24.0 Å². The van der Waals surface area contributed by atoms with Crippen LogP contribution in [0.25, 0.3) is 0 Å². The zero-order valence-electron chi connectivity index (χ0n) is 14.7. The van der Waals surface area contributed by atoms with Gasteiger partial charge < -0.3 is 14.8 Å². The molecule has 7 heteroatoms. The SMILES string of the molecule is CON=C(C(=O)O)c1cccc(C)c1CO/N=C(\C)c1ccccc1F. The van der Waals surface area contributed by atoms with E-state index < -0.39 is 11.8 Å². The van der Waals surface area contributed by atoms with E-state index in [1.807, 2.05) is 13.0 Å². The number of rotatable bonds is 7. The monoisotopic (exact) mass is 358 g/mol. The average Bonchev–Trinajstić information content (AvgIpc) is 2.61. The molecule has 2 rings (SSSR count). The van der Waals surface area contributed by atoms with Gasteiger partial charge in [0.25, 0.3) is 0 Å². The fourth-order valence-electron chi connectivity index (χ4n) is 2.41. The van der Waals surface area contributed by atoms with Gasteiger partial charge in [-0.05, 0) is 25.5 Å². The number of carboxylic acid groups (broad SMARTS) is 1. The second-order valence-electron chi connectivity index (χ2n) is 5.46. The van der Waals surface area contributed by atoms with E-state index in [9.17, 15) is 14.3 Å². The lowest BCUT2D eigenvalue weighted by Gasteiger charge is -2.11. The third-order valence-corrected chi connectivity index (χ3v) is 3.72. The molecule has 6 nitrogen and oxygen atoms in total. The van der Waals surface area contributed by atoms with E-state index >= 15 is 0 Å². The van der Waals surface area contributed by atoms with Crippen molar-refractivity contribution in [1.82, 2.24) is 0 Å². The molecule has 0 radical (unpaired) electrons. The number of oxime groups is 2. The van der Waals surface area contributed by atoms with E-state index in [1.165, 1.54) is 13.2 Å². The van der Waals surface area contributed by atoms with Gasteiger partial charge in [-0.15, -0.1) is 0 Å². The van der Waals surface area contributed by atoms with Crippen LogP contribution in [0.1, 0.15) is 29.2 Å². The lowest BCUT2D eigenvalue weighted by atomic mass is 9.99. The summed E-state index contributed by atoms with van der Waals surface area (Å²) in [5.41, 5.74) is 2.27. The molecule has 0 saturated heterocycles. The van der Waals surface area contributed by atoms with Crippen LogP contribution in [-0.2, 0) is 21.1 Å². The van der Waals surface area contributed by atoms with Crippen molar-refractivity contribution >= 4 is 17.4 Å². The Hall–Kier alpha value is -3.22. The molecular weight excluding hydrogens is 339 g/mol. The van der Waals surface area contributed by atoms with Crippen LogP contribution in [-0.4, -0.2) is 29.6 Å². The van der Waals surface area contributed by atoms with Crippen LogP contribution in [0.15, 0.2) is 52.8 Å². The number of aryl methyl sites for hydroxylation is 1. The van der Waals surface area contributed by atoms with Crippen LogP contribution in [0, 0.1) is 12.7 Å². The number of nitrogens with zero attached hydrogens (tertiary/aromatic N) is 2. The predicted molar refractivity (Wildman–Crippen MR) is 95.8 cm³/mol. The minimum absolute atomic E-state index is 0.00378. The van der Waals surface area contributed by atoms with Gasteiger partial charge in [0, 0.05) is 16.7 Å². The van der Waals surface area contributed by atoms with Crippen LogP contribution >= 0.6 is 0 Å². The average molecular weight is 358 g/mol. The molecule has 0 fully saturated rings. The maximum Gasteiger partial charge on any atom is 0.358 e. The van der Waals surface area contributed by atoms with Gasteiger partial charge in [-0.2, -0.15) is 0 Å². The fourth-order valence-corrected chi connectivity index (χ4v) is 2.41. The van der Waals surface area contributed by atoms with Crippen LogP contribution in [0.4, 0.5) is 4.39 Å². The zero-order chi connectivity index (χ0) is 19.1. The Morgan fingerprint density at radius 3 is 2.46 bits per heavy atom. The van der Waals surface area contributed by atoms with E-state index in [2.05, 4.69) is 15.1 Å². The molecule has 26 heavy (non-hydrogen) atoms. The van der Waals surface area contributed by atoms with Gasteiger partial charge in [0.2, 0.25) is 0 Å². The summed E-state index contributed by atoms with van der Waals surface area (Å²) in [7, 11) is 1.27. The second-order valence-corrected chi connectivity index (χ2v) is 5.46. The first-order valence-corrected chi connectivity index (χ1v) is 7.80. The Bertz CT molecular complexity index is 862. The first kappa shape index (κ1) is 19.1. The molecule has 0 bridgehead atoms. The molecule has 0 atom stereocenters. The third kappa shape index (κ3) is 4.44. The maximum absolute atomic E-state index is 13.8. The molecule has 0 aromatic heterocycles. The summed E-state index contributed by atoms with van der Waals surface area (Å²) >= 11 is 0. The topological polar surface area (TPSA) is 80.5 Å². The summed E-state index contributed by atoms with van der Waals surface area (Å²) in [6.45, 7) is 3.46. The molecule has 0 amide bonds. The smallest absolute Gasteiger partial charge is 0.358 e. The normalized spacial score (nSPS) is 12.0. The molecule has 0 aliphatic carbocycles. The minimum Gasteiger partial charge on any atom is -0.476 e. The highest BCUT2D eigenvalue weighted by Crippen LogP contribution is 2.18. The Kier molecular flexibility index (Phi) is 6.43. The highest BCUT2D eigenvalue weighted by molar-refractivity contribution is 6.42. The lowest BCUT2D eigenvalue weighted by Crippen LogP contribution is -2.18. The molecule has 0 aliphatic heterocycles. The standard InChI is InChI=1S/C19H19FN2O4/c1-12-7-6-9-15(18(19(23)24)22-25-3)16(12)11-26-21-13(2)14-8-4-5-10-17(14)20/h4-10H,11H2,1-3H3,(H,23,24)/b21-13+,22-18?. The Balaban J connectivity index is 2.28. The fraction of sp³-hybridized carbons (Fsp3) is 0.211. The first-order valence-electron chi connectivity index (χ1n) is 7.80. The number of halogens is 1. The van der Waals surface area contributed by atoms with Gasteiger partial charge in [-0.3, -0.25) is 0 Å². The highest BCUT2D eigenvalue weighted by Gasteiger charge is 2.19. The van der Waals surface area contributed by atoms with Crippen LogP contribution in [0.3, 0.4) is 0 Å². The number of hydrogen-bond donors (Lipinski definition) is 1. The van der Waals surface area contributed by atoms with Gasteiger partial charge in [0.15, 0.2) is 5.71 Å². The van der Waals surface area contributed by atoms with Crippen LogP contribution < -0.4 is 0 Å². The zero-order valence-corrected chi connectivity index (χ0v) is 14.7. The van der Waals surface area contributed by atoms with E-state index in [1.54, 1.807) is 37.3 Å². The summed E-state index contributed by atoms with van der Waals surface area (Å²) in [4.78, 5) is 21.4. The summed E-state index contributed by atoms with van der Waals surface area (Å²) in [6, 6.07) is 11.4. The molecule has 2 aromatic carbocycles. The predicted octanol–water partition coefficient (Wildman–Crippen LogP) is 3.51. The van der Waals surface area contributed by atoms with Crippen molar-refractivity contribution in [2.45, 2.75) is 20.5 Å². The van der Waals surface area contributed by atoms with Gasteiger partial charge >= 0.3 is 5.97 Å². The number of aliphatic carboxylic acids is 1. The van der Waals surface area contributed by atoms with Crippen molar-refractivity contribution in [3.63, 3.8) is 0 Å². The largest absolute Gasteiger partial charge is 0.476 e. The van der Waals surface area contributed by atoms with Crippen molar-refractivity contribution in [3.05, 3.63) is 70.5 Å². The Labute approximate surface area is 150 Å². The maximum atomic E-state index is 13.8. The van der Waals surface area contributed by atoms with Gasteiger partial charge in [-0.1, -0.05) is 46.7 Å². The van der Waals surface area contributed by atoms with E-state index in [0.717, 1.165) is 5.56 Å². The highest BCUT2D eigenvalue weighted by atomic mass is 19.1. The molecule has 136 valence electrons. The summed E-state index contributed by atoms with van der Waals surface area (Å²) < 4.78 is 13.8. The Morgan fingerprint density at radius 1 is 1.12 bits per heavy atom. The van der Waals surface area contributed by atoms with E-state index in [4.69, 9.17) is 4.84 Å². The van der Waals surface area contributed by atoms with E-state index in [-0.39, 0.29) is 12.3 Å². The van der Waals surface area contributed by atoms with Crippen molar-refractivity contribution in [2.75, 3.05) is 7.11 Å². The van der Waals surface area contributed by atoms with Gasteiger partial charge in [-0.25, -0.2) is 9.18 Å². The summed E-state index contributed by atoms with van der Waals surface area (Å²) in [6.07, 6.45) is 0. The third-order valence-electron chi connectivity index (χ3n) is 3.72. The van der Waals surface area contributed by atoms with Crippen LogP contribution in [0.2, 0.25) is 0 Å². The molecule has 0 saturated carbocycles. The number of carbonyl (C=O) groups is 1.